The van der Waals surface area contributed by atoms with Crippen LogP contribution in [0.3, 0.4) is 0 Å². The van der Waals surface area contributed by atoms with Crippen LogP contribution in [-0.4, -0.2) is 22.4 Å². The number of ether oxygens (including phenoxy) is 1. The monoisotopic (exact) mass is 337 g/mol. The lowest BCUT2D eigenvalue weighted by atomic mass is 9.86. The van der Waals surface area contributed by atoms with Gasteiger partial charge in [-0.05, 0) is 44.7 Å². The minimum absolute atomic E-state index is 0.290. The van der Waals surface area contributed by atoms with Crippen LogP contribution in [0.5, 0.6) is 0 Å². The van der Waals surface area contributed by atoms with Crippen LogP contribution in [0.1, 0.15) is 66.7 Å². The van der Waals surface area contributed by atoms with Crippen molar-refractivity contribution in [2.75, 3.05) is 6.61 Å². The summed E-state index contributed by atoms with van der Waals surface area (Å²) >= 11 is 0. The van der Waals surface area contributed by atoms with Crippen LogP contribution in [0.2, 0.25) is 0 Å². The first-order chi connectivity index (χ1) is 12.0. The van der Waals surface area contributed by atoms with Crippen molar-refractivity contribution in [3.63, 3.8) is 0 Å². The fraction of sp³-hybridized carbons (Fsp3) is 0.450. The molecule has 2 aromatic rings. The lowest BCUT2D eigenvalue weighted by Crippen LogP contribution is -2.14. The van der Waals surface area contributed by atoms with Crippen molar-refractivity contribution in [1.82, 2.24) is 9.78 Å². The highest BCUT2D eigenvalue weighted by Crippen LogP contribution is 2.42. The molecule has 3 rings (SSSR count). The molecular formula is C20H23N3O2. The van der Waals surface area contributed by atoms with E-state index in [-0.39, 0.29) is 5.97 Å². The van der Waals surface area contributed by atoms with Gasteiger partial charge in [0, 0.05) is 5.92 Å². The molecule has 1 saturated carbocycles. The number of nitrogens with zero attached hydrogens (tertiary/aromatic N) is 3. The van der Waals surface area contributed by atoms with E-state index in [1.165, 1.54) is 0 Å². The Balaban J connectivity index is 1.84. The number of aromatic nitrogens is 2. The van der Waals surface area contributed by atoms with E-state index in [2.05, 4.69) is 11.2 Å². The van der Waals surface area contributed by atoms with Crippen molar-refractivity contribution in [2.45, 2.75) is 51.5 Å². The molecule has 0 atom stereocenters. The number of hydrogen-bond donors (Lipinski definition) is 0. The van der Waals surface area contributed by atoms with Gasteiger partial charge in [-0.15, -0.1) is 0 Å². The van der Waals surface area contributed by atoms with Gasteiger partial charge in [0.25, 0.3) is 0 Å². The predicted octanol–water partition coefficient (Wildman–Crippen LogP) is 3.79. The number of benzene rings is 1. The van der Waals surface area contributed by atoms with Gasteiger partial charge in [-0.3, -0.25) is 4.68 Å². The van der Waals surface area contributed by atoms with E-state index in [1.54, 1.807) is 6.20 Å². The first-order valence-electron chi connectivity index (χ1n) is 8.69. The maximum atomic E-state index is 12.1. The van der Waals surface area contributed by atoms with E-state index >= 15 is 0 Å². The molecule has 1 aromatic carbocycles. The summed E-state index contributed by atoms with van der Waals surface area (Å²) in [7, 11) is 0. The van der Waals surface area contributed by atoms with Gasteiger partial charge < -0.3 is 4.74 Å². The van der Waals surface area contributed by atoms with Crippen molar-refractivity contribution < 1.29 is 9.53 Å². The molecule has 0 N–H and O–H groups in total. The highest BCUT2D eigenvalue weighted by atomic mass is 16.5. The summed E-state index contributed by atoms with van der Waals surface area (Å²) in [6.45, 7) is 6.60. The average Bonchev–Trinajstić information content (AvgIpc) is 3.36. The fourth-order valence-electron chi connectivity index (χ4n) is 2.94. The molecule has 1 heterocycles. The molecule has 0 saturated heterocycles. The zero-order valence-corrected chi connectivity index (χ0v) is 15.0. The quantitative estimate of drug-likeness (QED) is 0.752. The standard InChI is InChI=1S/C20H23N3O2/c1-4-25-19(24)17-11-22-23(18(17)15-7-8-15)12-14-5-9-16(10-6-14)20(2,3)13-21/h5-6,9-11,15H,4,7-8,12H2,1-3H3. The number of rotatable bonds is 6. The van der Waals surface area contributed by atoms with Gasteiger partial charge in [-0.1, -0.05) is 24.3 Å². The molecule has 0 amide bonds. The molecule has 25 heavy (non-hydrogen) atoms. The second-order valence-electron chi connectivity index (χ2n) is 7.03. The molecule has 0 aliphatic heterocycles. The highest BCUT2D eigenvalue weighted by Gasteiger charge is 2.33. The molecule has 1 aliphatic carbocycles. The largest absolute Gasteiger partial charge is 0.462 e. The van der Waals surface area contributed by atoms with Crippen molar-refractivity contribution in [3.05, 3.63) is 52.8 Å². The van der Waals surface area contributed by atoms with Gasteiger partial charge in [-0.2, -0.15) is 10.4 Å². The Morgan fingerprint density at radius 3 is 2.60 bits per heavy atom. The third-order valence-electron chi connectivity index (χ3n) is 4.63. The maximum Gasteiger partial charge on any atom is 0.341 e. The molecule has 0 spiro atoms. The molecule has 5 nitrogen and oxygen atoms in total. The summed E-state index contributed by atoms with van der Waals surface area (Å²) < 4.78 is 7.06. The van der Waals surface area contributed by atoms with Gasteiger partial charge in [0.05, 0.1) is 36.5 Å². The van der Waals surface area contributed by atoms with Crippen LogP contribution in [0.25, 0.3) is 0 Å². The zero-order chi connectivity index (χ0) is 18.0. The number of hydrogen-bond acceptors (Lipinski definition) is 4. The van der Waals surface area contributed by atoms with Crippen molar-refractivity contribution in [2.24, 2.45) is 0 Å². The van der Waals surface area contributed by atoms with E-state index in [0.29, 0.717) is 24.6 Å². The van der Waals surface area contributed by atoms with Gasteiger partial charge >= 0.3 is 5.97 Å². The summed E-state index contributed by atoms with van der Waals surface area (Å²) in [5.74, 6) is 0.112. The highest BCUT2D eigenvalue weighted by molar-refractivity contribution is 5.90. The van der Waals surface area contributed by atoms with E-state index < -0.39 is 5.41 Å². The molecule has 5 heteroatoms. The Hall–Kier alpha value is -2.61. The number of esters is 1. The summed E-state index contributed by atoms with van der Waals surface area (Å²) in [6, 6.07) is 10.3. The van der Waals surface area contributed by atoms with Crippen LogP contribution < -0.4 is 0 Å². The molecule has 130 valence electrons. The molecule has 0 radical (unpaired) electrons. The molecule has 0 unspecified atom stereocenters. The molecule has 1 aromatic heterocycles. The number of carbonyl (C=O) groups is 1. The zero-order valence-electron chi connectivity index (χ0n) is 15.0. The first kappa shape index (κ1) is 17.2. The number of carbonyl (C=O) groups excluding carboxylic acids is 1. The normalized spacial score (nSPS) is 14.2. The number of nitriles is 1. The molecular weight excluding hydrogens is 314 g/mol. The van der Waals surface area contributed by atoms with Crippen molar-refractivity contribution in [3.8, 4) is 6.07 Å². The predicted molar refractivity (Wildman–Crippen MR) is 94.3 cm³/mol. The lowest BCUT2D eigenvalue weighted by molar-refractivity contribution is 0.0525. The minimum atomic E-state index is -0.500. The molecule has 1 aliphatic rings. The van der Waals surface area contributed by atoms with Gasteiger partial charge in [0.15, 0.2) is 0 Å². The third kappa shape index (κ3) is 3.58. The smallest absolute Gasteiger partial charge is 0.341 e. The first-order valence-corrected chi connectivity index (χ1v) is 8.69. The van der Waals surface area contributed by atoms with Gasteiger partial charge in [0.2, 0.25) is 0 Å². The summed E-state index contributed by atoms with van der Waals surface area (Å²) in [5, 5.41) is 13.7. The Bertz CT molecular complexity index is 808. The van der Waals surface area contributed by atoms with Crippen LogP contribution in [0.15, 0.2) is 30.5 Å². The van der Waals surface area contributed by atoms with Crippen molar-refractivity contribution in [1.29, 1.82) is 5.26 Å². The van der Waals surface area contributed by atoms with Crippen LogP contribution >= 0.6 is 0 Å². The molecule has 1 fully saturated rings. The van der Waals surface area contributed by atoms with Crippen LogP contribution in [0, 0.1) is 11.3 Å². The van der Waals surface area contributed by atoms with Crippen LogP contribution in [0.4, 0.5) is 0 Å². The van der Waals surface area contributed by atoms with E-state index in [4.69, 9.17) is 4.74 Å². The van der Waals surface area contributed by atoms with Crippen LogP contribution in [-0.2, 0) is 16.7 Å². The average molecular weight is 337 g/mol. The van der Waals surface area contributed by atoms with Gasteiger partial charge in [-0.25, -0.2) is 4.79 Å². The Kier molecular flexibility index (Phi) is 4.63. The lowest BCUT2D eigenvalue weighted by Gasteiger charge is -2.16. The van der Waals surface area contributed by atoms with Crippen molar-refractivity contribution >= 4 is 5.97 Å². The second kappa shape index (κ2) is 6.72. The SMILES string of the molecule is CCOC(=O)c1cnn(Cc2ccc(C(C)(C)C#N)cc2)c1C1CC1. The van der Waals surface area contributed by atoms with E-state index in [1.807, 2.05) is 49.7 Å². The fourth-order valence-corrected chi connectivity index (χ4v) is 2.94. The minimum Gasteiger partial charge on any atom is -0.462 e. The summed E-state index contributed by atoms with van der Waals surface area (Å²) in [4.78, 5) is 12.1. The molecule has 0 bridgehead atoms. The maximum absolute atomic E-state index is 12.1. The third-order valence-corrected chi connectivity index (χ3v) is 4.63. The Morgan fingerprint density at radius 1 is 1.36 bits per heavy atom. The summed E-state index contributed by atoms with van der Waals surface area (Å²) in [5.41, 5.74) is 3.17. The van der Waals surface area contributed by atoms with Gasteiger partial charge in [0.1, 0.15) is 5.56 Å². The summed E-state index contributed by atoms with van der Waals surface area (Å²) in [6.07, 6.45) is 3.81. The Morgan fingerprint density at radius 2 is 2.04 bits per heavy atom. The topological polar surface area (TPSA) is 67.9 Å². The Labute approximate surface area is 148 Å². The second-order valence-corrected chi connectivity index (χ2v) is 7.03. The van der Waals surface area contributed by atoms with E-state index in [0.717, 1.165) is 29.7 Å². The van der Waals surface area contributed by atoms with E-state index in [9.17, 15) is 10.1 Å².